The number of hydrogen-bond acceptors (Lipinski definition) is 2. The molecule has 0 radical (unpaired) electrons. The zero-order valence-electron chi connectivity index (χ0n) is 35.4. The normalized spacial score (nSPS) is 11.7. The van der Waals surface area contributed by atoms with Crippen LogP contribution in [-0.2, 0) is 0 Å². The fourth-order valence-corrected chi connectivity index (χ4v) is 10.2. The monoisotopic (exact) mass is 828 g/mol. The lowest BCUT2D eigenvalue weighted by Crippen LogP contribution is -2.10. The van der Waals surface area contributed by atoms with Gasteiger partial charge in [0.2, 0.25) is 0 Å². The molecule has 0 atom stereocenters. The molecule has 65 heavy (non-hydrogen) atoms. The molecule has 0 N–H and O–H groups in total. The third kappa shape index (κ3) is 6.05. The van der Waals surface area contributed by atoms with Gasteiger partial charge < -0.3 is 13.9 Å². The third-order valence-electron chi connectivity index (χ3n) is 13.2. The van der Waals surface area contributed by atoms with E-state index in [9.17, 15) is 0 Å². The minimum Gasteiger partial charge on any atom is -0.455 e. The van der Waals surface area contributed by atoms with Crippen molar-refractivity contribution in [2.24, 2.45) is 0 Å². The van der Waals surface area contributed by atoms with Crippen LogP contribution in [0.3, 0.4) is 0 Å². The van der Waals surface area contributed by atoms with Gasteiger partial charge in [0.25, 0.3) is 0 Å². The molecule has 0 bridgehead atoms. The summed E-state index contributed by atoms with van der Waals surface area (Å²) in [5, 5.41) is 9.45. The second kappa shape index (κ2) is 15.0. The molecule has 0 unspecified atom stereocenters. The molecule has 0 saturated heterocycles. The molecule has 0 aliphatic heterocycles. The highest BCUT2D eigenvalue weighted by atomic mass is 16.3. The van der Waals surface area contributed by atoms with Crippen LogP contribution in [0.5, 0.6) is 0 Å². The Hall–Kier alpha value is -8.66. The van der Waals surface area contributed by atoms with Crippen LogP contribution in [0.15, 0.2) is 247 Å². The molecule has 2 aromatic heterocycles. The van der Waals surface area contributed by atoms with Crippen LogP contribution in [0.25, 0.3) is 104 Å². The Labute approximate surface area is 376 Å². The third-order valence-corrected chi connectivity index (χ3v) is 13.2. The number of fused-ring (bicyclic) bond motifs is 9. The molecule has 0 aliphatic carbocycles. The van der Waals surface area contributed by atoms with Crippen LogP contribution in [0.2, 0.25) is 0 Å². The van der Waals surface area contributed by atoms with E-state index in [2.05, 4.69) is 252 Å². The average Bonchev–Trinajstić information content (AvgIpc) is 3.94. The molecule has 3 nitrogen and oxygen atoms in total. The van der Waals surface area contributed by atoms with E-state index >= 15 is 0 Å². The molecular formula is C62H40N2O. The summed E-state index contributed by atoms with van der Waals surface area (Å²) in [6, 6.07) is 87.6. The fourth-order valence-electron chi connectivity index (χ4n) is 10.2. The molecule has 13 rings (SSSR count). The van der Waals surface area contributed by atoms with Crippen molar-refractivity contribution in [1.29, 1.82) is 0 Å². The summed E-state index contributed by atoms with van der Waals surface area (Å²) in [6.07, 6.45) is 0. The minimum absolute atomic E-state index is 0.857. The molecule has 0 spiro atoms. The van der Waals surface area contributed by atoms with E-state index in [1.54, 1.807) is 0 Å². The van der Waals surface area contributed by atoms with E-state index in [4.69, 9.17) is 4.42 Å². The molecule has 0 saturated carbocycles. The fraction of sp³-hybridized carbons (Fsp3) is 0. The molecule has 304 valence electrons. The first-order chi connectivity index (χ1) is 32.2. The van der Waals surface area contributed by atoms with E-state index in [0.29, 0.717) is 0 Å². The van der Waals surface area contributed by atoms with Crippen LogP contribution in [0, 0.1) is 0 Å². The maximum atomic E-state index is 7.04. The molecule has 3 heteroatoms. The molecule has 2 heterocycles. The number of para-hydroxylation sites is 3. The van der Waals surface area contributed by atoms with Gasteiger partial charge in [-0.05, 0) is 116 Å². The van der Waals surface area contributed by atoms with E-state index < -0.39 is 0 Å². The second-order valence-electron chi connectivity index (χ2n) is 16.8. The van der Waals surface area contributed by atoms with Gasteiger partial charge in [-0.3, -0.25) is 0 Å². The summed E-state index contributed by atoms with van der Waals surface area (Å²) in [5.41, 5.74) is 15.3. The molecule has 0 aliphatic rings. The van der Waals surface area contributed by atoms with Crippen LogP contribution < -0.4 is 4.90 Å². The van der Waals surface area contributed by atoms with E-state index in [0.717, 1.165) is 66.9 Å². The summed E-state index contributed by atoms with van der Waals surface area (Å²) in [6.45, 7) is 0. The van der Waals surface area contributed by atoms with Crippen molar-refractivity contribution in [3.8, 4) is 39.1 Å². The predicted octanol–water partition coefficient (Wildman–Crippen LogP) is 17.5. The van der Waals surface area contributed by atoms with Gasteiger partial charge in [0.1, 0.15) is 11.2 Å². The van der Waals surface area contributed by atoms with Crippen molar-refractivity contribution in [1.82, 2.24) is 4.57 Å². The van der Waals surface area contributed by atoms with E-state index in [-0.39, 0.29) is 0 Å². The number of anilines is 3. The number of hydrogen-bond donors (Lipinski definition) is 0. The average molecular weight is 829 g/mol. The van der Waals surface area contributed by atoms with Crippen molar-refractivity contribution in [3.63, 3.8) is 0 Å². The number of benzene rings is 11. The first-order valence-corrected chi connectivity index (χ1v) is 22.2. The molecule has 0 amide bonds. The van der Waals surface area contributed by atoms with Gasteiger partial charge in [0.05, 0.1) is 22.1 Å². The lowest BCUT2D eigenvalue weighted by molar-refractivity contribution is 0.670. The highest BCUT2D eigenvalue weighted by molar-refractivity contribution is 6.21. The van der Waals surface area contributed by atoms with Gasteiger partial charge in [-0.2, -0.15) is 0 Å². The Kier molecular flexibility index (Phi) is 8.53. The molecular weight excluding hydrogens is 789 g/mol. The zero-order valence-corrected chi connectivity index (χ0v) is 35.4. The number of nitrogens with zero attached hydrogens (tertiary/aromatic N) is 2. The Morgan fingerprint density at radius 3 is 1.65 bits per heavy atom. The lowest BCUT2D eigenvalue weighted by Gasteiger charge is -2.27. The maximum Gasteiger partial charge on any atom is 0.145 e. The number of rotatable bonds is 7. The zero-order chi connectivity index (χ0) is 42.8. The number of furan rings is 1. The van der Waals surface area contributed by atoms with Gasteiger partial charge >= 0.3 is 0 Å². The van der Waals surface area contributed by atoms with Crippen molar-refractivity contribution in [2.75, 3.05) is 4.90 Å². The topological polar surface area (TPSA) is 21.3 Å². The van der Waals surface area contributed by atoms with Gasteiger partial charge in [0, 0.05) is 38.8 Å². The van der Waals surface area contributed by atoms with Gasteiger partial charge in [-0.25, -0.2) is 0 Å². The van der Waals surface area contributed by atoms with Crippen molar-refractivity contribution >= 4 is 82.4 Å². The molecule has 0 fully saturated rings. The van der Waals surface area contributed by atoms with Crippen LogP contribution in [0.4, 0.5) is 17.1 Å². The summed E-state index contributed by atoms with van der Waals surface area (Å²) >= 11 is 0. The van der Waals surface area contributed by atoms with Gasteiger partial charge in [-0.15, -0.1) is 0 Å². The predicted molar refractivity (Wildman–Crippen MR) is 274 cm³/mol. The highest BCUT2D eigenvalue weighted by Gasteiger charge is 2.24. The molecule has 11 aromatic carbocycles. The van der Waals surface area contributed by atoms with Gasteiger partial charge in [0.15, 0.2) is 0 Å². The summed E-state index contributed by atoms with van der Waals surface area (Å²) < 4.78 is 9.43. The van der Waals surface area contributed by atoms with Crippen molar-refractivity contribution in [3.05, 3.63) is 243 Å². The van der Waals surface area contributed by atoms with Gasteiger partial charge in [-0.1, -0.05) is 176 Å². The van der Waals surface area contributed by atoms with Crippen LogP contribution in [0.1, 0.15) is 0 Å². The first kappa shape index (κ1) is 36.9. The standard InChI is InChI=1S/C62H40N2O/c1-3-15-41(16-4-1)42-27-29-43(30-28-42)44-31-33-47(34-32-44)63(48-35-36-53-52-23-11-13-25-57(52)64(59(53)40-48)46-18-5-2-6-19-46)58-38-37-54(62-61(58)55-24-12-14-26-60(55)65-62)56-39-45-17-7-8-20-49(45)50-21-9-10-22-51(50)56/h1-40H. The quantitative estimate of drug-likeness (QED) is 0.149. The Morgan fingerprint density at radius 1 is 0.338 bits per heavy atom. The summed E-state index contributed by atoms with van der Waals surface area (Å²) in [7, 11) is 0. The first-order valence-electron chi connectivity index (χ1n) is 22.2. The largest absolute Gasteiger partial charge is 0.455 e. The minimum atomic E-state index is 0.857. The second-order valence-corrected chi connectivity index (χ2v) is 16.8. The lowest BCUT2D eigenvalue weighted by atomic mass is 9.92. The SMILES string of the molecule is c1ccc(-c2ccc(-c3ccc(N(c4ccc5c6ccccc6n(-c6ccccc6)c5c4)c4ccc(-c5cc6ccccc6c6ccccc56)c5oc6ccccc6c45)cc3)cc2)cc1. The highest BCUT2D eigenvalue weighted by Crippen LogP contribution is 2.49. The smallest absolute Gasteiger partial charge is 0.145 e. The maximum absolute atomic E-state index is 7.04. The van der Waals surface area contributed by atoms with Crippen molar-refractivity contribution < 1.29 is 4.42 Å². The van der Waals surface area contributed by atoms with Crippen molar-refractivity contribution in [2.45, 2.75) is 0 Å². The van der Waals surface area contributed by atoms with E-state index in [1.165, 1.54) is 54.5 Å². The van der Waals surface area contributed by atoms with Crippen LogP contribution in [-0.4, -0.2) is 4.57 Å². The Balaban J connectivity index is 1.05. The summed E-state index contributed by atoms with van der Waals surface area (Å²) in [5.74, 6) is 0. The Bertz CT molecular complexity index is 3920. The molecule has 13 aromatic rings. The van der Waals surface area contributed by atoms with E-state index in [1.807, 2.05) is 0 Å². The summed E-state index contributed by atoms with van der Waals surface area (Å²) in [4.78, 5) is 2.42. The Morgan fingerprint density at radius 2 is 0.892 bits per heavy atom. The van der Waals surface area contributed by atoms with Crippen LogP contribution >= 0.6 is 0 Å². The number of aromatic nitrogens is 1.